The third kappa shape index (κ3) is 8.38. The molecular formula is C30H35Cl2N3O5S. The lowest BCUT2D eigenvalue weighted by Crippen LogP contribution is -2.52. The highest BCUT2D eigenvalue weighted by Gasteiger charge is 2.32. The van der Waals surface area contributed by atoms with Crippen molar-refractivity contribution in [3.05, 3.63) is 87.9 Å². The molecule has 3 aromatic carbocycles. The summed E-state index contributed by atoms with van der Waals surface area (Å²) in [7, 11) is -4.17. The van der Waals surface area contributed by atoms with Crippen molar-refractivity contribution in [1.29, 1.82) is 0 Å². The van der Waals surface area contributed by atoms with Gasteiger partial charge in [0.2, 0.25) is 11.8 Å². The zero-order valence-electron chi connectivity index (χ0n) is 23.7. The molecule has 1 N–H and O–H groups in total. The summed E-state index contributed by atoms with van der Waals surface area (Å²) in [6, 6.07) is 16.7. The summed E-state index contributed by atoms with van der Waals surface area (Å²) in [6.07, 6.45) is 0. The van der Waals surface area contributed by atoms with Gasteiger partial charge in [-0.25, -0.2) is 8.42 Å². The summed E-state index contributed by atoms with van der Waals surface area (Å²) >= 11 is 12.3. The predicted octanol–water partition coefficient (Wildman–Crippen LogP) is 5.84. The van der Waals surface area contributed by atoms with Crippen LogP contribution in [-0.4, -0.2) is 50.4 Å². The van der Waals surface area contributed by atoms with Crippen molar-refractivity contribution >= 4 is 50.7 Å². The molecule has 0 radical (unpaired) electrons. The molecular weight excluding hydrogens is 585 g/mol. The van der Waals surface area contributed by atoms with Crippen molar-refractivity contribution in [3.63, 3.8) is 0 Å². The van der Waals surface area contributed by atoms with E-state index in [1.165, 1.54) is 17.0 Å². The average molecular weight is 621 g/mol. The molecule has 0 aliphatic heterocycles. The van der Waals surface area contributed by atoms with Crippen molar-refractivity contribution in [3.8, 4) is 5.75 Å². The van der Waals surface area contributed by atoms with Crippen LogP contribution in [0.4, 0.5) is 5.69 Å². The van der Waals surface area contributed by atoms with Crippen LogP contribution >= 0.6 is 23.2 Å². The molecule has 3 rings (SSSR count). The van der Waals surface area contributed by atoms with Crippen molar-refractivity contribution in [2.75, 3.05) is 17.5 Å². The first-order valence-electron chi connectivity index (χ1n) is 13.2. The van der Waals surface area contributed by atoms with Crippen LogP contribution in [0.15, 0.2) is 71.6 Å². The number of nitrogens with one attached hydrogen (secondary N) is 1. The Bertz CT molecular complexity index is 1460. The maximum Gasteiger partial charge on any atom is 0.264 e. The van der Waals surface area contributed by atoms with Gasteiger partial charge in [-0.3, -0.25) is 13.9 Å². The molecule has 0 bridgehead atoms. The van der Waals surface area contributed by atoms with Crippen LogP contribution in [0, 0.1) is 6.92 Å². The van der Waals surface area contributed by atoms with E-state index in [4.69, 9.17) is 27.9 Å². The lowest BCUT2D eigenvalue weighted by atomic mass is 10.1. The molecule has 0 heterocycles. The van der Waals surface area contributed by atoms with Gasteiger partial charge in [0.25, 0.3) is 10.0 Å². The maximum atomic E-state index is 14.0. The smallest absolute Gasteiger partial charge is 0.264 e. The number of nitrogens with zero attached hydrogens (tertiary/aromatic N) is 2. The third-order valence-electron chi connectivity index (χ3n) is 6.26. The quantitative estimate of drug-likeness (QED) is 0.275. The van der Waals surface area contributed by atoms with Crippen LogP contribution < -0.4 is 14.4 Å². The fraction of sp³-hybridized carbons (Fsp3) is 0.333. The summed E-state index contributed by atoms with van der Waals surface area (Å²) in [4.78, 5) is 28.4. The Morgan fingerprint density at radius 2 is 1.56 bits per heavy atom. The molecule has 0 saturated carbocycles. The number of rotatable bonds is 12. The average Bonchev–Trinajstić information content (AvgIpc) is 2.92. The van der Waals surface area contributed by atoms with Gasteiger partial charge in [-0.05, 0) is 88.7 Å². The monoisotopic (exact) mass is 619 g/mol. The minimum absolute atomic E-state index is 0.00407. The summed E-state index contributed by atoms with van der Waals surface area (Å²) in [5.41, 5.74) is 1.80. The van der Waals surface area contributed by atoms with E-state index < -0.39 is 28.5 Å². The standard InChI is InChI=1S/C30H35Cl2N3O5S/c1-6-40-25-12-10-24(11-13-25)35(41(38,39)26-14-7-21(4)8-15-26)19-29(36)34(22(5)30(37)33-20(2)3)18-23-9-16-27(31)28(32)17-23/h7-17,20,22H,6,18-19H2,1-5H3,(H,33,37). The second-order valence-corrected chi connectivity index (χ2v) is 12.5. The lowest BCUT2D eigenvalue weighted by Gasteiger charge is -2.32. The molecule has 0 aliphatic rings. The first-order chi connectivity index (χ1) is 19.3. The van der Waals surface area contributed by atoms with Crippen molar-refractivity contribution in [2.24, 2.45) is 0 Å². The van der Waals surface area contributed by atoms with Gasteiger partial charge in [0.05, 0.1) is 27.2 Å². The number of hydrogen-bond acceptors (Lipinski definition) is 5. The number of sulfonamides is 1. The highest BCUT2D eigenvalue weighted by atomic mass is 35.5. The SMILES string of the molecule is CCOc1ccc(N(CC(=O)N(Cc2ccc(Cl)c(Cl)c2)C(C)C(=O)NC(C)C)S(=O)(=O)c2ccc(C)cc2)cc1. The molecule has 2 amide bonds. The normalized spacial score (nSPS) is 12.1. The lowest BCUT2D eigenvalue weighted by molar-refractivity contribution is -0.139. The van der Waals surface area contributed by atoms with Crippen LogP contribution in [0.25, 0.3) is 0 Å². The third-order valence-corrected chi connectivity index (χ3v) is 8.79. The molecule has 41 heavy (non-hydrogen) atoms. The Balaban J connectivity index is 2.04. The molecule has 0 saturated heterocycles. The fourth-order valence-corrected chi connectivity index (χ4v) is 5.80. The fourth-order valence-electron chi connectivity index (χ4n) is 4.06. The molecule has 0 aromatic heterocycles. The van der Waals surface area contributed by atoms with E-state index in [-0.39, 0.29) is 29.1 Å². The first kappa shape index (κ1) is 32.2. The van der Waals surface area contributed by atoms with Crippen molar-refractivity contribution in [1.82, 2.24) is 10.2 Å². The second-order valence-electron chi connectivity index (χ2n) is 9.86. The van der Waals surface area contributed by atoms with Gasteiger partial charge in [-0.15, -0.1) is 0 Å². The number of anilines is 1. The van der Waals surface area contributed by atoms with E-state index in [1.807, 2.05) is 27.7 Å². The zero-order valence-corrected chi connectivity index (χ0v) is 26.1. The Hall–Kier alpha value is -3.27. The summed E-state index contributed by atoms with van der Waals surface area (Å²) in [5.74, 6) is -0.384. The zero-order chi connectivity index (χ0) is 30.3. The summed E-state index contributed by atoms with van der Waals surface area (Å²) in [5, 5.41) is 3.47. The van der Waals surface area contributed by atoms with Crippen molar-refractivity contribution < 1.29 is 22.7 Å². The van der Waals surface area contributed by atoms with E-state index in [2.05, 4.69) is 5.32 Å². The van der Waals surface area contributed by atoms with E-state index >= 15 is 0 Å². The van der Waals surface area contributed by atoms with Crippen LogP contribution in [0.2, 0.25) is 10.0 Å². The van der Waals surface area contributed by atoms with Gasteiger partial charge in [-0.1, -0.05) is 47.0 Å². The number of carbonyl (C=O) groups is 2. The summed E-state index contributed by atoms with van der Waals surface area (Å²) < 4.78 is 34.4. The molecule has 1 unspecified atom stereocenters. The maximum absolute atomic E-state index is 14.0. The molecule has 3 aromatic rings. The van der Waals surface area contributed by atoms with E-state index in [9.17, 15) is 18.0 Å². The Morgan fingerprint density at radius 1 is 0.927 bits per heavy atom. The molecule has 8 nitrogen and oxygen atoms in total. The van der Waals surface area contributed by atoms with Gasteiger partial charge in [0.15, 0.2) is 0 Å². The molecule has 0 fully saturated rings. The van der Waals surface area contributed by atoms with Crippen LogP contribution in [-0.2, 0) is 26.2 Å². The number of carbonyl (C=O) groups excluding carboxylic acids is 2. The number of amides is 2. The Labute approximate surface area is 252 Å². The first-order valence-corrected chi connectivity index (χ1v) is 15.4. The van der Waals surface area contributed by atoms with E-state index in [0.717, 1.165) is 9.87 Å². The van der Waals surface area contributed by atoms with Gasteiger partial charge in [-0.2, -0.15) is 0 Å². The highest BCUT2D eigenvalue weighted by Crippen LogP contribution is 2.28. The van der Waals surface area contributed by atoms with Gasteiger partial charge < -0.3 is 15.0 Å². The van der Waals surface area contributed by atoms with E-state index in [1.54, 1.807) is 61.5 Å². The van der Waals surface area contributed by atoms with Crippen LogP contribution in [0.5, 0.6) is 5.75 Å². The topological polar surface area (TPSA) is 96.0 Å². The van der Waals surface area contributed by atoms with Gasteiger partial charge >= 0.3 is 0 Å². The molecule has 0 spiro atoms. The second kappa shape index (κ2) is 14.1. The summed E-state index contributed by atoms with van der Waals surface area (Å²) in [6.45, 7) is 8.84. The number of aryl methyl sites for hydroxylation is 1. The number of hydrogen-bond donors (Lipinski definition) is 1. The van der Waals surface area contributed by atoms with Crippen LogP contribution in [0.3, 0.4) is 0 Å². The predicted molar refractivity (Wildman–Crippen MR) is 163 cm³/mol. The number of benzene rings is 3. The molecule has 11 heteroatoms. The Morgan fingerprint density at radius 3 is 2.12 bits per heavy atom. The Kier molecular flexibility index (Phi) is 11.1. The molecule has 1 atom stereocenters. The van der Waals surface area contributed by atoms with Gasteiger partial charge in [0, 0.05) is 12.6 Å². The van der Waals surface area contributed by atoms with Crippen LogP contribution in [0.1, 0.15) is 38.8 Å². The minimum Gasteiger partial charge on any atom is -0.494 e. The number of halogens is 2. The van der Waals surface area contributed by atoms with Crippen molar-refractivity contribution in [2.45, 2.75) is 58.1 Å². The van der Waals surface area contributed by atoms with Gasteiger partial charge in [0.1, 0.15) is 18.3 Å². The molecule has 220 valence electrons. The highest BCUT2D eigenvalue weighted by molar-refractivity contribution is 7.92. The number of ether oxygens (including phenoxy) is 1. The largest absolute Gasteiger partial charge is 0.494 e. The molecule has 0 aliphatic carbocycles. The van der Waals surface area contributed by atoms with E-state index in [0.29, 0.717) is 28.0 Å². The minimum atomic E-state index is -4.17.